The monoisotopic (exact) mass is 185 g/mol. The fraction of sp³-hybridized carbons (Fsp3) is 1.00. The van der Waals surface area contributed by atoms with Gasteiger partial charge in [-0.3, -0.25) is 0 Å². The Morgan fingerprint density at radius 1 is 1.42 bits per heavy atom. The number of hydrogen-bond acceptors (Lipinski definition) is 3. The Bertz CT molecular complexity index is 173. The summed E-state index contributed by atoms with van der Waals surface area (Å²) in [6.07, 6.45) is -7.03. The predicted octanol–water partition coefficient (Wildman–Crippen LogP) is -0.366. The van der Waals surface area contributed by atoms with E-state index in [1.807, 2.05) is 0 Å². The van der Waals surface area contributed by atoms with E-state index in [2.05, 4.69) is 5.32 Å². The molecular formula is C6H10F3NO2. The molecule has 0 saturated carbocycles. The second kappa shape index (κ2) is 2.86. The van der Waals surface area contributed by atoms with Crippen LogP contribution in [0.25, 0.3) is 0 Å². The summed E-state index contributed by atoms with van der Waals surface area (Å²) >= 11 is 0. The molecule has 0 aromatic rings. The van der Waals surface area contributed by atoms with Crippen LogP contribution < -0.4 is 5.32 Å². The highest BCUT2D eigenvalue weighted by Crippen LogP contribution is 2.36. The van der Waals surface area contributed by atoms with E-state index in [9.17, 15) is 13.2 Å². The molecule has 1 fully saturated rings. The number of nitrogens with one attached hydrogen (secondary N) is 1. The summed E-state index contributed by atoms with van der Waals surface area (Å²) < 4.78 is 36.4. The second-order valence-corrected chi connectivity index (χ2v) is 2.89. The van der Waals surface area contributed by atoms with Gasteiger partial charge >= 0.3 is 6.18 Å². The van der Waals surface area contributed by atoms with Gasteiger partial charge in [0.05, 0.1) is 0 Å². The standard InChI is InChI=1S/C6H10F3NO2/c7-6(8,9)5(12)1-2-10-3-4(5)11/h4,10-12H,1-3H2/t4?,5-/m1/s1. The van der Waals surface area contributed by atoms with Crippen molar-refractivity contribution in [3.63, 3.8) is 0 Å². The molecule has 0 amide bonds. The minimum atomic E-state index is -4.76. The molecule has 1 saturated heterocycles. The molecule has 3 N–H and O–H groups in total. The Morgan fingerprint density at radius 2 is 2.00 bits per heavy atom. The molecule has 0 aliphatic carbocycles. The lowest BCUT2D eigenvalue weighted by atomic mass is 9.89. The Morgan fingerprint density at radius 3 is 2.33 bits per heavy atom. The van der Waals surface area contributed by atoms with Crippen molar-refractivity contribution in [2.45, 2.75) is 24.3 Å². The number of alkyl halides is 3. The van der Waals surface area contributed by atoms with Crippen molar-refractivity contribution in [3.05, 3.63) is 0 Å². The Labute approximate surface area is 67.2 Å². The van der Waals surface area contributed by atoms with Crippen LogP contribution in [0.3, 0.4) is 0 Å². The molecule has 0 bridgehead atoms. The zero-order valence-corrected chi connectivity index (χ0v) is 6.23. The van der Waals surface area contributed by atoms with E-state index in [-0.39, 0.29) is 13.1 Å². The maximum atomic E-state index is 12.1. The first kappa shape index (κ1) is 9.76. The molecule has 2 atom stereocenters. The SMILES string of the molecule is OC1CNCC[C@]1(O)C(F)(F)F. The predicted molar refractivity (Wildman–Crippen MR) is 34.5 cm³/mol. The highest BCUT2D eigenvalue weighted by molar-refractivity contribution is 4.97. The van der Waals surface area contributed by atoms with Crippen molar-refractivity contribution in [3.8, 4) is 0 Å². The van der Waals surface area contributed by atoms with E-state index in [4.69, 9.17) is 10.2 Å². The highest BCUT2D eigenvalue weighted by atomic mass is 19.4. The van der Waals surface area contributed by atoms with Gasteiger partial charge in [0.2, 0.25) is 0 Å². The van der Waals surface area contributed by atoms with Gasteiger partial charge in [0.25, 0.3) is 0 Å². The molecule has 72 valence electrons. The van der Waals surface area contributed by atoms with Crippen LogP contribution in [0.1, 0.15) is 6.42 Å². The van der Waals surface area contributed by atoms with Crippen LogP contribution in [-0.2, 0) is 0 Å². The van der Waals surface area contributed by atoms with Gasteiger partial charge in [-0.15, -0.1) is 0 Å². The number of hydrogen-bond donors (Lipinski definition) is 3. The highest BCUT2D eigenvalue weighted by Gasteiger charge is 2.58. The summed E-state index contributed by atoms with van der Waals surface area (Å²) in [7, 11) is 0. The molecule has 1 rings (SSSR count). The average molecular weight is 185 g/mol. The van der Waals surface area contributed by atoms with Crippen molar-refractivity contribution in [2.24, 2.45) is 0 Å². The average Bonchev–Trinajstić information content (AvgIpc) is 1.93. The first-order chi connectivity index (χ1) is 5.38. The maximum absolute atomic E-state index is 12.1. The van der Waals surface area contributed by atoms with Gasteiger partial charge in [0.15, 0.2) is 5.60 Å². The van der Waals surface area contributed by atoms with Gasteiger partial charge in [0.1, 0.15) is 6.10 Å². The lowest BCUT2D eigenvalue weighted by Gasteiger charge is -2.38. The summed E-state index contributed by atoms with van der Waals surface area (Å²) in [5.74, 6) is 0. The fourth-order valence-corrected chi connectivity index (χ4v) is 1.18. The van der Waals surface area contributed by atoms with Crippen molar-refractivity contribution >= 4 is 0 Å². The normalized spacial score (nSPS) is 38.2. The molecule has 0 aromatic carbocycles. The fourth-order valence-electron chi connectivity index (χ4n) is 1.18. The van der Waals surface area contributed by atoms with Gasteiger partial charge in [-0.1, -0.05) is 0 Å². The van der Waals surface area contributed by atoms with Gasteiger partial charge in [-0.25, -0.2) is 0 Å². The minimum absolute atomic E-state index is 0.0626. The molecule has 1 aliphatic heterocycles. The Hall–Kier alpha value is -0.330. The summed E-state index contributed by atoms with van der Waals surface area (Å²) in [5.41, 5.74) is -2.93. The Kier molecular flexibility index (Phi) is 2.33. The van der Waals surface area contributed by atoms with Crippen LogP contribution in [0.2, 0.25) is 0 Å². The zero-order valence-electron chi connectivity index (χ0n) is 6.23. The van der Waals surface area contributed by atoms with E-state index in [0.29, 0.717) is 0 Å². The van der Waals surface area contributed by atoms with E-state index in [1.54, 1.807) is 0 Å². The van der Waals surface area contributed by atoms with Crippen molar-refractivity contribution in [1.82, 2.24) is 5.32 Å². The zero-order chi connectivity index (χ0) is 9.41. The lowest BCUT2D eigenvalue weighted by Crippen LogP contribution is -2.62. The quantitative estimate of drug-likeness (QED) is 0.483. The summed E-state index contributed by atoms with van der Waals surface area (Å²) in [6, 6.07) is 0. The molecule has 1 unspecified atom stereocenters. The first-order valence-electron chi connectivity index (χ1n) is 3.56. The first-order valence-corrected chi connectivity index (χ1v) is 3.56. The second-order valence-electron chi connectivity index (χ2n) is 2.89. The van der Waals surface area contributed by atoms with E-state index in [1.165, 1.54) is 0 Å². The van der Waals surface area contributed by atoms with Crippen LogP contribution in [-0.4, -0.2) is 41.2 Å². The summed E-state index contributed by atoms with van der Waals surface area (Å²) in [6.45, 7) is -0.164. The Balaban J connectivity index is 2.79. The molecule has 12 heavy (non-hydrogen) atoms. The third kappa shape index (κ3) is 1.41. The van der Waals surface area contributed by atoms with E-state index < -0.39 is 24.3 Å². The van der Waals surface area contributed by atoms with Crippen LogP contribution >= 0.6 is 0 Å². The topological polar surface area (TPSA) is 52.5 Å². The third-order valence-corrected chi connectivity index (χ3v) is 2.06. The van der Waals surface area contributed by atoms with E-state index in [0.717, 1.165) is 0 Å². The smallest absolute Gasteiger partial charge is 0.388 e. The van der Waals surface area contributed by atoms with Crippen molar-refractivity contribution in [2.75, 3.05) is 13.1 Å². The number of β-amino-alcohol motifs (C(OH)–C–C–N with tert-alkyl or cyclic N) is 1. The van der Waals surface area contributed by atoms with Gasteiger partial charge in [0, 0.05) is 13.0 Å². The molecule has 1 heterocycles. The number of rotatable bonds is 0. The third-order valence-electron chi connectivity index (χ3n) is 2.06. The summed E-state index contributed by atoms with van der Waals surface area (Å²) in [5, 5.41) is 20.5. The number of aliphatic hydroxyl groups is 2. The molecule has 3 nitrogen and oxygen atoms in total. The summed E-state index contributed by atoms with van der Waals surface area (Å²) in [4.78, 5) is 0. The van der Waals surface area contributed by atoms with Crippen molar-refractivity contribution in [1.29, 1.82) is 0 Å². The largest absolute Gasteiger partial charge is 0.419 e. The van der Waals surface area contributed by atoms with Gasteiger partial charge in [-0.2, -0.15) is 13.2 Å². The number of aliphatic hydroxyl groups excluding tert-OH is 1. The van der Waals surface area contributed by atoms with Crippen molar-refractivity contribution < 1.29 is 23.4 Å². The molecule has 1 aliphatic rings. The molecular weight excluding hydrogens is 175 g/mol. The van der Waals surface area contributed by atoms with Crippen LogP contribution in [0.15, 0.2) is 0 Å². The number of piperidine rings is 1. The molecule has 0 spiro atoms. The van der Waals surface area contributed by atoms with Crippen LogP contribution in [0.5, 0.6) is 0 Å². The molecule has 0 aromatic heterocycles. The van der Waals surface area contributed by atoms with Crippen LogP contribution in [0.4, 0.5) is 13.2 Å². The van der Waals surface area contributed by atoms with Gasteiger partial charge in [-0.05, 0) is 6.54 Å². The van der Waals surface area contributed by atoms with E-state index >= 15 is 0 Å². The van der Waals surface area contributed by atoms with Crippen LogP contribution in [0, 0.1) is 0 Å². The number of halogens is 3. The van der Waals surface area contributed by atoms with Gasteiger partial charge < -0.3 is 15.5 Å². The molecule has 6 heteroatoms. The molecule has 0 radical (unpaired) electrons. The maximum Gasteiger partial charge on any atom is 0.419 e. The lowest BCUT2D eigenvalue weighted by molar-refractivity contribution is -0.296. The minimum Gasteiger partial charge on any atom is -0.388 e.